The molecule has 2 saturated heterocycles. The molecular formula is C19H22O7. The number of fused-ring (bicyclic) bond motifs is 2. The van der Waals surface area contributed by atoms with Crippen molar-refractivity contribution in [2.24, 2.45) is 28.6 Å². The van der Waals surface area contributed by atoms with Crippen LogP contribution in [0.4, 0.5) is 0 Å². The molecule has 26 heavy (non-hydrogen) atoms. The third-order valence-corrected chi connectivity index (χ3v) is 8.86. The van der Waals surface area contributed by atoms with Crippen LogP contribution in [0.3, 0.4) is 0 Å². The Labute approximate surface area is 150 Å². The van der Waals surface area contributed by atoms with Crippen LogP contribution in [-0.4, -0.2) is 56.8 Å². The van der Waals surface area contributed by atoms with E-state index in [2.05, 4.69) is 6.58 Å². The van der Waals surface area contributed by atoms with E-state index in [-0.39, 0.29) is 5.92 Å². The van der Waals surface area contributed by atoms with Gasteiger partial charge in [0.05, 0.1) is 17.6 Å². The van der Waals surface area contributed by atoms with Gasteiger partial charge in [0.1, 0.15) is 23.2 Å². The molecule has 0 aromatic carbocycles. The average molecular weight is 362 g/mol. The number of esters is 1. The van der Waals surface area contributed by atoms with Crippen molar-refractivity contribution in [2.75, 3.05) is 0 Å². The van der Waals surface area contributed by atoms with E-state index in [9.17, 15) is 24.9 Å². The summed E-state index contributed by atoms with van der Waals surface area (Å²) in [4.78, 5) is 25.3. The molecule has 4 bridgehead atoms. The molecule has 7 nitrogen and oxygen atoms in total. The zero-order chi connectivity index (χ0) is 18.4. The Bertz CT molecular complexity index is 808. The van der Waals surface area contributed by atoms with Crippen molar-refractivity contribution in [2.45, 2.75) is 62.1 Å². The first-order valence-electron chi connectivity index (χ1n) is 9.33. The van der Waals surface area contributed by atoms with E-state index in [0.29, 0.717) is 31.3 Å². The van der Waals surface area contributed by atoms with Gasteiger partial charge in [-0.3, -0.25) is 9.59 Å². The molecule has 6 rings (SSSR count). The number of aliphatic hydroxyl groups is 2. The number of carboxylic acids is 1. The highest BCUT2D eigenvalue weighted by Gasteiger charge is 2.91. The van der Waals surface area contributed by atoms with Crippen LogP contribution in [0.1, 0.15) is 32.6 Å². The number of aliphatic carboxylic acids is 1. The molecule has 2 aliphatic heterocycles. The van der Waals surface area contributed by atoms with E-state index >= 15 is 0 Å². The summed E-state index contributed by atoms with van der Waals surface area (Å²) in [6.45, 7) is 5.67. The van der Waals surface area contributed by atoms with E-state index < -0.39 is 64.1 Å². The Morgan fingerprint density at radius 3 is 2.81 bits per heavy atom. The Morgan fingerprint density at radius 2 is 2.12 bits per heavy atom. The third-order valence-electron chi connectivity index (χ3n) is 8.86. The topological polar surface area (TPSA) is 117 Å². The molecule has 0 radical (unpaired) electrons. The molecule has 2 heterocycles. The summed E-state index contributed by atoms with van der Waals surface area (Å²) in [6, 6.07) is 0. The summed E-state index contributed by atoms with van der Waals surface area (Å²) in [5.41, 5.74) is -3.37. The fourth-order valence-electron chi connectivity index (χ4n) is 7.94. The summed E-state index contributed by atoms with van der Waals surface area (Å²) in [5.74, 6) is -3.23. The summed E-state index contributed by atoms with van der Waals surface area (Å²) >= 11 is 0. The molecule has 4 saturated carbocycles. The van der Waals surface area contributed by atoms with Gasteiger partial charge in [-0.1, -0.05) is 6.58 Å². The van der Waals surface area contributed by atoms with Crippen LogP contribution in [0.5, 0.6) is 0 Å². The van der Waals surface area contributed by atoms with Gasteiger partial charge in [-0.15, -0.1) is 0 Å². The van der Waals surface area contributed by atoms with E-state index in [1.807, 2.05) is 0 Å². The van der Waals surface area contributed by atoms with Gasteiger partial charge in [0, 0.05) is 11.8 Å². The van der Waals surface area contributed by atoms with Crippen molar-refractivity contribution in [3.63, 3.8) is 0 Å². The summed E-state index contributed by atoms with van der Waals surface area (Å²) in [6.07, 6.45) is -0.173. The Hall–Kier alpha value is -1.44. The summed E-state index contributed by atoms with van der Waals surface area (Å²) < 4.78 is 11.8. The highest BCUT2D eigenvalue weighted by Crippen LogP contribution is 2.80. The van der Waals surface area contributed by atoms with Gasteiger partial charge >= 0.3 is 11.9 Å². The van der Waals surface area contributed by atoms with Gasteiger partial charge in [-0.05, 0) is 43.6 Å². The minimum absolute atomic E-state index is 0.200. The zero-order valence-electron chi connectivity index (χ0n) is 14.5. The first kappa shape index (κ1) is 15.6. The number of ether oxygens (including phenoxy) is 2. The zero-order valence-corrected chi connectivity index (χ0v) is 14.5. The van der Waals surface area contributed by atoms with Gasteiger partial charge in [0.2, 0.25) is 0 Å². The number of carbonyl (C=O) groups excluding carboxylic acids is 1. The van der Waals surface area contributed by atoms with Gasteiger partial charge in [-0.2, -0.15) is 0 Å². The normalized spacial score (nSPS) is 63.8. The van der Waals surface area contributed by atoms with Crippen molar-refractivity contribution >= 4 is 11.9 Å². The third kappa shape index (κ3) is 1.22. The number of aliphatic hydroxyl groups excluding tert-OH is 1. The molecule has 6 aliphatic rings. The molecule has 0 aromatic rings. The minimum Gasteiger partial charge on any atom is -0.481 e. The second-order valence-electron chi connectivity index (χ2n) is 9.60. The lowest BCUT2D eigenvalue weighted by molar-refractivity contribution is -0.168. The molecule has 1 spiro atoms. The minimum atomic E-state index is -1.30. The summed E-state index contributed by atoms with van der Waals surface area (Å²) in [5, 5.41) is 32.0. The predicted molar refractivity (Wildman–Crippen MR) is 84.7 cm³/mol. The van der Waals surface area contributed by atoms with Crippen LogP contribution in [-0.2, 0) is 19.1 Å². The number of carboxylic acid groups (broad SMARTS) is 1. The highest BCUT2D eigenvalue weighted by atomic mass is 16.7. The van der Waals surface area contributed by atoms with E-state index in [4.69, 9.17) is 9.47 Å². The van der Waals surface area contributed by atoms with Crippen molar-refractivity contribution in [3.05, 3.63) is 12.2 Å². The second kappa shape index (κ2) is 3.88. The molecule has 140 valence electrons. The first-order valence-corrected chi connectivity index (χ1v) is 9.33. The predicted octanol–water partition coefficient (Wildman–Crippen LogP) is 0.238. The van der Waals surface area contributed by atoms with Crippen molar-refractivity contribution in [1.82, 2.24) is 0 Å². The van der Waals surface area contributed by atoms with Crippen molar-refractivity contribution in [1.29, 1.82) is 0 Å². The van der Waals surface area contributed by atoms with Gasteiger partial charge < -0.3 is 24.8 Å². The molecule has 0 aromatic heterocycles. The number of hydrogen-bond donors (Lipinski definition) is 3. The van der Waals surface area contributed by atoms with Crippen LogP contribution in [0.15, 0.2) is 12.2 Å². The molecular weight excluding hydrogens is 340 g/mol. The largest absolute Gasteiger partial charge is 0.481 e. The number of carbonyl (C=O) groups is 2. The van der Waals surface area contributed by atoms with Gasteiger partial charge in [-0.25, -0.2) is 0 Å². The monoisotopic (exact) mass is 362 g/mol. The fraction of sp³-hybridized carbons (Fsp3) is 0.789. The maximum atomic E-state index is 12.8. The standard InChI is InChI=1S/C19H22O7/c1-7-5-17-6-18(7,24)4-3-8(17)19-11(9(17)14(21)22)16(2,15(23)26-19)12(20)10-13(19)25-10/h8-13,20,24H,1,3-6H2,2H3,(H,21,22)/t8-,9+,10+,11-,12+,13+,16+,17+,18+,19-/m1/s1. The van der Waals surface area contributed by atoms with E-state index in [1.54, 1.807) is 6.92 Å². The van der Waals surface area contributed by atoms with Crippen LogP contribution < -0.4 is 0 Å². The molecule has 0 amide bonds. The van der Waals surface area contributed by atoms with Gasteiger partial charge in [0.15, 0.2) is 0 Å². The molecule has 0 unspecified atom stereocenters. The van der Waals surface area contributed by atoms with Crippen LogP contribution in [0.2, 0.25) is 0 Å². The van der Waals surface area contributed by atoms with E-state index in [0.717, 1.165) is 0 Å². The number of rotatable bonds is 1. The Morgan fingerprint density at radius 1 is 1.38 bits per heavy atom. The smallest absolute Gasteiger partial charge is 0.315 e. The van der Waals surface area contributed by atoms with Crippen LogP contribution >= 0.6 is 0 Å². The lowest BCUT2D eigenvalue weighted by Gasteiger charge is -2.44. The second-order valence-corrected chi connectivity index (χ2v) is 9.60. The molecule has 4 aliphatic carbocycles. The molecule has 3 N–H and O–H groups in total. The van der Waals surface area contributed by atoms with Crippen molar-refractivity contribution in [3.8, 4) is 0 Å². The Kier molecular flexibility index (Phi) is 2.33. The molecule has 7 heteroatoms. The Balaban J connectivity index is 1.63. The SMILES string of the molecule is C=C1C[C@]23C[C@@]1(O)CC[C@H]2[C@@]12OC(=O)[C@@](C)([C@H]1[C@H]3C(=O)O)[C@@H](O)[C@@H]1O[C@@H]12. The maximum absolute atomic E-state index is 12.8. The highest BCUT2D eigenvalue weighted by molar-refractivity contribution is 5.86. The fourth-order valence-corrected chi connectivity index (χ4v) is 7.94. The number of epoxide rings is 1. The van der Waals surface area contributed by atoms with Crippen LogP contribution in [0, 0.1) is 28.6 Å². The molecule has 10 atom stereocenters. The summed E-state index contributed by atoms with van der Waals surface area (Å²) in [7, 11) is 0. The van der Waals surface area contributed by atoms with Gasteiger partial charge in [0.25, 0.3) is 0 Å². The lowest BCUT2D eigenvalue weighted by Crippen LogP contribution is -2.57. The molecule has 6 fully saturated rings. The average Bonchev–Trinajstić information content (AvgIpc) is 3.24. The lowest BCUT2D eigenvalue weighted by atomic mass is 9.59. The van der Waals surface area contributed by atoms with E-state index in [1.165, 1.54) is 0 Å². The van der Waals surface area contributed by atoms with Crippen LogP contribution in [0.25, 0.3) is 0 Å². The first-order chi connectivity index (χ1) is 12.1. The quantitative estimate of drug-likeness (QED) is 0.347. The number of hydrogen-bond acceptors (Lipinski definition) is 6. The van der Waals surface area contributed by atoms with Crippen molar-refractivity contribution < 1.29 is 34.4 Å². The maximum Gasteiger partial charge on any atom is 0.315 e.